The van der Waals surface area contributed by atoms with E-state index < -0.39 is 0 Å². The first kappa shape index (κ1) is 14.2. The first-order valence-electron chi connectivity index (χ1n) is 6.46. The molecule has 0 aromatic heterocycles. The number of nitrogens with two attached hydrogens (primary N) is 1. The van der Waals surface area contributed by atoms with Gasteiger partial charge in [0.1, 0.15) is 0 Å². The molecule has 0 aromatic carbocycles. The molecule has 1 aliphatic carbocycles. The molecule has 96 valence electrons. The molecule has 0 spiro atoms. The standard InChI is InChI=1S/C15H25NO/c1-11-5-6-13(16)12(2)14(17)8-10-15(3,4)9-7-11/h7-8,10,12-13H,5-6,9,16H2,1-4H3/b10-8+,11-7+/t12-,13?/m0/s1. The van der Waals surface area contributed by atoms with Gasteiger partial charge in [-0.15, -0.1) is 0 Å². The molecule has 1 aliphatic rings. The third-order valence-corrected chi connectivity index (χ3v) is 3.64. The quantitative estimate of drug-likeness (QED) is 0.655. The van der Waals surface area contributed by atoms with E-state index in [0.29, 0.717) is 0 Å². The van der Waals surface area contributed by atoms with E-state index in [0.717, 1.165) is 19.3 Å². The fraction of sp³-hybridized carbons (Fsp3) is 0.667. The van der Waals surface area contributed by atoms with Crippen LogP contribution in [0.25, 0.3) is 0 Å². The van der Waals surface area contributed by atoms with Crippen molar-refractivity contribution in [3.05, 3.63) is 23.8 Å². The fourth-order valence-electron chi connectivity index (χ4n) is 1.92. The number of rotatable bonds is 0. The minimum absolute atomic E-state index is 0.0308. The summed E-state index contributed by atoms with van der Waals surface area (Å²) in [4.78, 5) is 11.9. The van der Waals surface area contributed by atoms with Gasteiger partial charge < -0.3 is 5.73 Å². The van der Waals surface area contributed by atoms with Gasteiger partial charge in [0.15, 0.2) is 5.78 Å². The zero-order valence-electron chi connectivity index (χ0n) is 11.5. The monoisotopic (exact) mass is 235 g/mol. The van der Waals surface area contributed by atoms with Gasteiger partial charge in [0.2, 0.25) is 0 Å². The zero-order valence-corrected chi connectivity index (χ0v) is 11.5. The molecule has 0 aliphatic heterocycles. The van der Waals surface area contributed by atoms with Crippen molar-refractivity contribution in [2.75, 3.05) is 0 Å². The van der Waals surface area contributed by atoms with E-state index in [4.69, 9.17) is 5.73 Å². The van der Waals surface area contributed by atoms with Crippen molar-refractivity contribution in [3.63, 3.8) is 0 Å². The Morgan fingerprint density at radius 2 is 2.06 bits per heavy atom. The molecule has 2 N–H and O–H groups in total. The largest absolute Gasteiger partial charge is 0.327 e. The molecule has 1 unspecified atom stereocenters. The van der Waals surface area contributed by atoms with Crippen LogP contribution in [0.3, 0.4) is 0 Å². The lowest BCUT2D eigenvalue weighted by Gasteiger charge is -2.18. The molecule has 2 atom stereocenters. The average molecular weight is 235 g/mol. The van der Waals surface area contributed by atoms with Crippen LogP contribution in [0.1, 0.15) is 47.0 Å². The van der Waals surface area contributed by atoms with Crippen LogP contribution in [-0.4, -0.2) is 11.8 Å². The lowest BCUT2D eigenvalue weighted by Crippen LogP contribution is -2.32. The van der Waals surface area contributed by atoms with Gasteiger partial charge in [-0.3, -0.25) is 4.79 Å². The van der Waals surface area contributed by atoms with Gasteiger partial charge in [-0.05, 0) is 37.7 Å². The highest BCUT2D eigenvalue weighted by Crippen LogP contribution is 2.26. The Balaban J connectivity index is 2.92. The minimum Gasteiger partial charge on any atom is -0.327 e. The molecular weight excluding hydrogens is 210 g/mol. The van der Waals surface area contributed by atoms with E-state index in [-0.39, 0.29) is 23.2 Å². The normalized spacial score (nSPS) is 35.6. The molecule has 0 heterocycles. The van der Waals surface area contributed by atoms with Gasteiger partial charge in [0, 0.05) is 12.0 Å². The van der Waals surface area contributed by atoms with Crippen molar-refractivity contribution >= 4 is 5.78 Å². The number of hydrogen-bond donors (Lipinski definition) is 1. The van der Waals surface area contributed by atoms with Gasteiger partial charge in [-0.25, -0.2) is 0 Å². The van der Waals surface area contributed by atoms with Crippen molar-refractivity contribution in [2.24, 2.45) is 17.1 Å². The van der Waals surface area contributed by atoms with Gasteiger partial charge in [0.05, 0.1) is 0 Å². The molecule has 0 aromatic rings. The van der Waals surface area contributed by atoms with Crippen LogP contribution in [0.2, 0.25) is 0 Å². The third kappa shape index (κ3) is 4.47. The molecule has 0 saturated heterocycles. The van der Waals surface area contributed by atoms with Crippen LogP contribution in [0, 0.1) is 11.3 Å². The first-order valence-corrected chi connectivity index (χ1v) is 6.46. The van der Waals surface area contributed by atoms with E-state index in [1.54, 1.807) is 6.08 Å². The summed E-state index contributed by atoms with van der Waals surface area (Å²) >= 11 is 0. The van der Waals surface area contributed by atoms with E-state index in [2.05, 4.69) is 26.8 Å². The summed E-state index contributed by atoms with van der Waals surface area (Å²) < 4.78 is 0. The highest BCUT2D eigenvalue weighted by molar-refractivity contribution is 5.92. The van der Waals surface area contributed by atoms with Gasteiger partial charge in [0.25, 0.3) is 0 Å². The second-order valence-electron chi connectivity index (χ2n) is 5.97. The molecule has 0 amide bonds. The maximum absolute atomic E-state index is 11.9. The zero-order chi connectivity index (χ0) is 13.1. The van der Waals surface area contributed by atoms with Crippen LogP contribution in [0.15, 0.2) is 23.8 Å². The van der Waals surface area contributed by atoms with Gasteiger partial charge in [-0.2, -0.15) is 0 Å². The summed E-state index contributed by atoms with van der Waals surface area (Å²) in [6.07, 6.45) is 8.88. The molecule has 0 radical (unpaired) electrons. The summed E-state index contributed by atoms with van der Waals surface area (Å²) in [5.41, 5.74) is 7.48. The smallest absolute Gasteiger partial charge is 0.159 e. The second kappa shape index (κ2) is 5.63. The molecule has 0 bridgehead atoms. The molecule has 1 rings (SSSR count). The predicted molar refractivity (Wildman–Crippen MR) is 72.7 cm³/mol. The Bertz CT molecular complexity index is 339. The second-order valence-corrected chi connectivity index (χ2v) is 5.97. The summed E-state index contributed by atoms with van der Waals surface area (Å²) in [6.45, 7) is 8.39. The molecule has 17 heavy (non-hydrogen) atoms. The maximum atomic E-state index is 11.9. The van der Waals surface area contributed by atoms with E-state index in [1.165, 1.54) is 5.57 Å². The van der Waals surface area contributed by atoms with Gasteiger partial charge >= 0.3 is 0 Å². The van der Waals surface area contributed by atoms with Crippen molar-refractivity contribution in [3.8, 4) is 0 Å². The van der Waals surface area contributed by atoms with Crippen LogP contribution in [-0.2, 0) is 4.79 Å². The molecule has 2 nitrogen and oxygen atoms in total. The van der Waals surface area contributed by atoms with E-state index >= 15 is 0 Å². The van der Waals surface area contributed by atoms with Crippen LogP contribution in [0.4, 0.5) is 0 Å². The maximum Gasteiger partial charge on any atom is 0.159 e. The van der Waals surface area contributed by atoms with E-state index in [1.807, 2.05) is 13.0 Å². The molecule has 0 saturated carbocycles. The minimum atomic E-state index is -0.0760. The van der Waals surface area contributed by atoms with Gasteiger partial charge in [-0.1, -0.05) is 38.5 Å². The van der Waals surface area contributed by atoms with Crippen molar-refractivity contribution in [2.45, 2.75) is 53.0 Å². The average Bonchev–Trinajstić information content (AvgIpc) is 2.29. The number of allylic oxidation sites excluding steroid dienone is 4. The first-order chi connectivity index (χ1) is 7.82. The Morgan fingerprint density at radius 1 is 1.41 bits per heavy atom. The molecule has 0 fully saturated rings. The number of carbonyl (C=O) groups excluding carboxylic acids is 1. The summed E-state index contributed by atoms with van der Waals surface area (Å²) in [6, 6.07) is -0.0308. The number of carbonyl (C=O) groups is 1. The third-order valence-electron chi connectivity index (χ3n) is 3.64. The Hall–Kier alpha value is -0.890. The van der Waals surface area contributed by atoms with E-state index in [9.17, 15) is 4.79 Å². The van der Waals surface area contributed by atoms with Crippen LogP contribution < -0.4 is 5.73 Å². The summed E-state index contributed by atoms with van der Waals surface area (Å²) in [5, 5.41) is 0. The topological polar surface area (TPSA) is 43.1 Å². The molecule has 2 heteroatoms. The van der Waals surface area contributed by atoms with Crippen LogP contribution >= 0.6 is 0 Å². The predicted octanol–water partition coefficient (Wildman–Crippen LogP) is 3.23. The molecular formula is C15H25NO. The van der Waals surface area contributed by atoms with Crippen molar-refractivity contribution in [1.29, 1.82) is 0 Å². The van der Waals surface area contributed by atoms with Crippen molar-refractivity contribution < 1.29 is 4.79 Å². The Morgan fingerprint density at radius 3 is 2.71 bits per heavy atom. The number of ketones is 1. The lowest BCUT2D eigenvalue weighted by atomic mass is 9.87. The Kier molecular flexibility index (Phi) is 4.70. The van der Waals surface area contributed by atoms with Crippen LogP contribution in [0.5, 0.6) is 0 Å². The SMILES string of the molecule is C/C1=C\CC(C)(C)/C=C/C(=O)[C@@H](C)C(N)CC1. The van der Waals surface area contributed by atoms with Crippen molar-refractivity contribution in [1.82, 2.24) is 0 Å². The highest BCUT2D eigenvalue weighted by atomic mass is 16.1. The number of hydrogen-bond acceptors (Lipinski definition) is 2. The fourth-order valence-corrected chi connectivity index (χ4v) is 1.92. The summed E-state index contributed by atoms with van der Waals surface area (Å²) in [7, 11) is 0. The summed E-state index contributed by atoms with van der Waals surface area (Å²) in [5.74, 6) is 0.0816. The highest BCUT2D eigenvalue weighted by Gasteiger charge is 2.21. The Labute approximate surface area is 105 Å². The lowest BCUT2D eigenvalue weighted by molar-refractivity contribution is -0.118.